The van der Waals surface area contributed by atoms with E-state index in [1.807, 2.05) is 43.5 Å². The fourth-order valence-electron chi connectivity index (χ4n) is 3.90. The summed E-state index contributed by atoms with van der Waals surface area (Å²) in [4.78, 5) is 18.6. The van der Waals surface area contributed by atoms with Gasteiger partial charge in [0.15, 0.2) is 17.3 Å². The Balaban J connectivity index is 1.59. The number of H-pyrrole nitrogens is 1. The number of hydrogen-bond donors (Lipinski definition) is 1. The maximum Gasteiger partial charge on any atom is 0.181 e. The molecular weight excluding hydrogens is 340 g/mol. The van der Waals surface area contributed by atoms with Crippen LogP contribution in [0.5, 0.6) is 11.5 Å². The van der Waals surface area contributed by atoms with Crippen LogP contribution in [-0.2, 0) is 13.0 Å². The Morgan fingerprint density at radius 1 is 1.11 bits per heavy atom. The van der Waals surface area contributed by atoms with Gasteiger partial charge in [-0.25, -0.2) is 0 Å². The number of hydrogen-bond acceptors (Lipinski definition) is 4. The molecule has 0 aliphatic carbocycles. The maximum atomic E-state index is 13.1. The summed E-state index contributed by atoms with van der Waals surface area (Å²) in [6.07, 6.45) is 2.72. The molecule has 1 aliphatic rings. The lowest BCUT2D eigenvalue weighted by Crippen LogP contribution is -2.42. The summed E-state index contributed by atoms with van der Waals surface area (Å²) in [5.74, 6) is 1.64. The van der Waals surface area contributed by atoms with E-state index in [9.17, 15) is 4.79 Å². The number of ketones is 1. The Kier molecular flexibility index (Phi) is 4.62. The number of carbonyl (C=O) groups excluding carboxylic acids is 1. The van der Waals surface area contributed by atoms with Gasteiger partial charge in [-0.2, -0.15) is 0 Å². The number of Topliss-reactive ketones (excluding diaryl/α,β-unsaturated/α-hetero) is 1. The van der Waals surface area contributed by atoms with Crippen molar-refractivity contribution in [1.29, 1.82) is 0 Å². The zero-order valence-electron chi connectivity index (χ0n) is 15.9. The second-order valence-electron chi connectivity index (χ2n) is 6.98. The van der Waals surface area contributed by atoms with E-state index in [0.29, 0.717) is 0 Å². The number of aromatic nitrogens is 1. The highest BCUT2D eigenvalue weighted by Gasteiger charge is 2.28. The minimum Gasteiger partial charge on any atom is -0.493 e. The van der Waals surface area contributed by atoms with E-state index in [2.05, 4.69) is 16.0 Å². The predicted molar refractivity (Wildman–Crippen MR) is 106 cm³/mol. The summed E-state index contributed by atoms with van der Waals surface area (Å²) in [5.41, 5.74) is 4.21. The molecule has 0 spiro atoms. The number of nitrogens with one attached hydrogen (secondary N) is 1. The maximum absolute atomic E-state index is 13.1. The third-order valence-corrected chi connectivity index (χ3v) is 5.53. The smallest absolute Gasteiger partial charge is 0.181 e. The average Bonchev–Trinajstić information content (AvgIpc) is 3.15. The van der Waals surface area contributed by atoms with E-state index in [0.717, 1.165) is 47.5 Å². The monoisotopic (exact) mass is 364 g/mol. The number of fused-ring (bicyclic) bond motifs is 2. The number of nitrogens with zero attached hydrogens (tertiary/aromatic N) is 1. The van der Waals surface area contributed by atoms with Crippen molar-refractivity contribution in [3.8, 4) is 11.5 Å². The number of ether oxygens (including phenoxy) is 2. The molecule has 2 heterocycles. The van der Waals surface area contributed by atoms with Gasteiger partial charge in [-0.1, -0.05) is 18.2 Å². The third-order valence-electron chi connectivity index (χ3n) is 5.53. The molecule has 1 unspecified atom stereocenters. The van der Waals surface area contributed by atoms with Gasteiger partial charge in [0.25, 0.3) is 0 Å². The van der Waals surface area contributed by atoms with Gasteiger partial charge in [-0.15, -0.1) is 0 Å². The van der Waals surface area contributed by atoms with Crippen molar-refractivity contribution in [2.75, 3.05) is 20.8 Å². The van der Waals surface area contributed by atoms with Crippen LogP contribution in [0.4, 0.5) is 0 Å². The first-order chi connectivity index (χ1) is 13.1. The molecule has 0 bridgehead atoms. The number of aromatic amines is 1. The van der Waals surface area contributed by atoms with Crippen LogP contribution in [0.15, 0.2) is 42.6 Å². The van der Waals surface area contributed by atoms with Gasteiger partial charge in [0.2, 0.25) is 0 Å². The Labute approximate surface area is 158 Å². The van der Waals surface area contributed by atoms with Crippen molar-refractivity contribution in [3.05, 3.63) is 59.3 Å². The lowest BCUT2D eigenvalue weighted by Gasteiger charge is -2.33. The molecule has 0 saturated carbocycles. The van der Waals surface area contributed by atoms with Crippen LogP contribution in [0.2, 0.25) is 0 Å². The van der Waals surface area contributed by atoms with Crippen molar-refractivity contribution in [3.63, 3.8) is 0 Å². The molecule has 4 rings (SSSR count). The lowest BCUT2D eigenvalue weighted by atomic mass is 9.95. The SMILES string of the molecule is COc1cc2c(cc1OC)CN(C(C)C(=O)c1c[nH]c3ccccc13)CC2. The van der Waals surface area contributed by atoms with Crippen molar-refractivity contribution in [2.24, 2.45) is 0 Å². The molecule has 140 valence electrons. The highest BCUT2D eigenvalue weighted by Crippen LogP contribution is 2.34. The second kappa shape index (κ2) is 7.08. The largest absolute Gasteiger partial charge is 0.493 e. The normalized spacial score (nSPS) is 15.4. The first-order valence-corrected chi connectivity index (χ1v) is 9.20. The Hall–Kier alpha value is -2.79. The van der Waals surface area contributed by atoms with Gasteiger partial charge in [-0.05, 0) is 42.7 Å². The van der Waals surface area contributed by atoms with Gasteiger partial charge in [0.1, 0.15) is 0 Å². The van der Waals surface area contributed by atoms with Crippen LogP contribution in [0, 0.1) is 0 Å². The van der Waals surface area contributed by atoms with E-state index in [4.69, 9.17) is 9.47 Å². The second-order valence-corrected chi connectivity index (χ2v) is 6.98. The number of para-hydroxylation sites is 1. The Bertz CT molecular complexity index is 992. The summed E-state index contributed by atoms with van der Waals surface area (Å²) in [6, 6.07) is 11.8. The minimum absolute atomic E-state index is 0.149. The van der Waals surface area contributed by atoms with Gasteiger partial charge < -0.3 is 14.5 Å². The van der Waals surface area contributed by atoms with Crippen LogP contribution in [0.1, 0.15) is 28.4 Å². The zero-order chi connectivity index (χ0) is 19.0. The van der Waals surface area contributed by atoms with Gasteiger partial charge in [0, 0.05) is 35.8 Å². The number of rotatable bonds is 5. The molecule has 5 nitrogen and oxygen atoms in total. The molecule has 1 N–H and O–H groups in total. The highest BCUT2D eigenvalue weighted by atomic mass is 16.5. The minimum atomic E-state index is -0.189. The van der Waals surface area contributed by atoms with Gasteiger partial charge >= 0.3 is 0 Å². The first-order valence-electron chi connectivity index (χ1n) is 9.20. The van der Waals surface area contributed by atoms with Crippen LogP contribution >= 0.6 is 0 Å². The van der Waals surface area contributed by atoms with E-state index in [-0.39, 0.29) is 11.8 Å². The zero-order valence-corrected chi connectivity index (χ0v) is 15.9. The summed E-state index contributed by atoms with van der Waals surface area (Å²) in [5, 5.41) is 0.984. The molecule has 3 aromatic rings. The quantitative estimate of drug-likeness (QED) is 0.700. The molecule has 5 heteroatoms. The Morgan fingerprint density at radius 2 is 1.81 bits per heavy atom. The van der Waals surface area contributed by atoms with E-state index < -0.39 is 0 Å². The van der Waals surface area contributed by atoms with Gasteiger partial charge in [-0.3, -0.25) is 9.69 Å². The molecule has 0 saturated heterocycles. The molecule has 1 aliphatic heterocycles. The molecule has 0 fully saturated rings. The first kappa shape index (κ1) is 17.6. The topological polar surface area (TPSA) is 54.6 Å². The molecule has 1 aromatic heterocycles. The van der Waals surface area contributed by atoms with Crippen molar-refractivity contribution < 1.29 is 14.3 Å². The molecule has 0 amide bonds. The number of methoxy groups -OCH3 is 2. The predicted octanol–water partition coefficient (Wildman–Crippen LogP) is 3.81. The standard InChI is InChI=1S/C22H24N2O3/c1-14(22(25)18-12-23-19-7-5-4-6-17(18)19)24-9-8-15-10-20(26-2)21(27-3)11-16(15)13-24/h4-7,10-12,14,23H,8-9,13H2,1-3H3. The summed E-state index contributed by atoms with van der Waals surface area (Å²) < 4.78 is 10.8. The van der Waals surface area contributed by atoms with Gasteiger partial charge in [0.05, 0.1) is 20.3 Å². The summed E-state index contributed by atoms with van der Waals surface area (Å²) in [7, 11) is 3.30. The van der Waals surface area contributed by atoms with Crippen molar-refractivity contribution in [1.82, 2.24) is 9.88 Å². The fourth-order valence-corrected chi connectivity index (χ4v) is 3.90. The average molecular weight is 364 g/mol. The van der Waals surface area contributed by atoms with Crippen LogP contribution in [0.25, 0.3) is 10.9 Å². The number of carbonyl (C=O) groups is 1. The molecule has 1 atom stereocenters. The van der Waals surface area contributed by atoms with Crippen LogP contribution in [0.3, 0.4) is 0 Å². The molecule has 0 radical (unpaired) electrons. The fraction of sp³-hybridized carbons (Fsp3) is 0.318. The molecule has 27 heavy (non-hydrogen) atoms. The third kappa shape index (κ3) is 3.08. The van der Waals surface area contributed by atoms with Crippen molar-refractivity contribution in [2.45, 2.75) is 25.9 Å². The van der Waals surface area contributed by atoms with Crippen LogP contribution in [-0.4, -0.2) is 42.5 Å². The van der Waals surface area contributed by atoms with Crippen LogP contribution < -0.4 is 9.47 Å². The Morgan fingerprint density at radius 3 is 2.56 bits per heavy atom. The summed E-state index contributed by atoms with van der Waals surface area (Å²) in [6.45, 7) is 3.57. The van der Waals surface area contributed by atoms with E-state index in [1.54, 1.807) is 14.2 Å². The van der Waals surface area contributed by atoms with E-state index >= 15 is 0 Å². The molecule has 2 aromatic carbocycles. The van der Waals surface area contributed by atoms with E-state index in [1.165, 1.54) is 11.1 Å². The lowest BCUT2D eigenvalue weighted by molar-refractivity contribution is 0.0821. The number of benzene rings is 2. The summed E-state index contributed by atoms with van der Waals surface area (Å²) >= 11 is 0. The van der Waals surface area contributed by atoms with Crippen molar-refractivity contribution >= 4 is 16.7 Å². The highest BCUT2D eigenvalue weighted by molar-refractivity contribution is 6.10. The molecular formula is C22H24N2O3.